The molecular weight excluding hydrogens is 285 g/mol. The van der Waals surface area contributed by atoms with E-state index in [2.05, 4.69) is 10.6 Å². The quantitative estimate of drug-likeness (QED) is 0.842. The van der Waals surface area contributed by atoms with Gasteiger partial charge in [-0.1, -0.05) is 18.2 Å². The second kappa shape index (κ2) is 6.44. The highest BCUT2D eigenvalue weighted by molar-refractivity contribution is 5.95. The number of nitrogens with one attached hydrogen (secondary N) is 2. The Bertz CT molecular complexity index is 570. The van der Waals surface area contributed by atoms with Gasteiger partial charge in [-0.25, -0.2) is 9.18 Å². The molecule has 0 saturated heterocycles. The minimum atomic E-state index is -0.436. The van der Waals surface area contributed by atoms with Gasteiger partial charge < -0.3 is 5.32 Å². The molecule has 2 aliphatic carbocycles. The first kappa shape index (κ1) is 15.0. The third-order valence-electron chi connectivity index (χ3n) is 3.91. The summed E-state index contributed by atoms with van der Waals surface area (Å²) in [6.07, 6.45) is 3.97. The van der Waals surface area contributed by atoms with E-state index in [9.17, 15) is 14.0 Å². The molecule has 0 aromatic heterocycles. The molecule has 1 aromatic rings. The van der Waals surface area contributed by atoms with Gasteiger partial charge in [0.25, 0.3) is 0 Å². The number of rotatable bonds is 6. The van der Waals surface area contributed by atoms with Crippen molar-refractivity contribution in [2.45, 2.75) is 44.3 Å². The van der Waals surface area contributed by atoms with E-state index >= 15 is 0 Å². The van der Waals surface area contributed by atoms with Crippen LogP contribution < -0.4 is 10.6 Å². The Labute approximate surface area is 128 Å². The van der Waals surface area contributed by atoms with Crippen LogP contribution in [0.15, 0.2) is 24.3 Å². The molecule has 22 heavy (non-hydrogen) atoms. The SMILES string of the molecule is O=C(CN(Cc1ccccc1F)C1CC1)NC(=O)NC1CC1. The normalized spacial score (nSPS) is 17.4. The molecule has 0 heterocycles. The summed E-state index contributed by atoms with van der Waals surface area (Å²) in [7, 11) is 0. The highest BCUT2D eigenvalue weighted by Crippen LogP contribution is 2.28. The summed E-state index contributed by atoms with van der Waals surface area (Å²) >= 11 is 0. The van der Waals surface area contributed by atoms with Gasteiger partial charge in [-0.3, -0.25) is 15.0 Å². The molecule has 2 N–H and O–H groups in total. The van der Waals surface area contributed by atoms with Gasteiger partial charge in [-0.15, -0.1) is 0 Å². The van der Waals surface area contributed by atoms with Crippen LogP contribution in [0, 0.1) is 5.82 Å². The van der Waals surface area contributed by atoms with E-state index in [0.717, 1.165) is 25.7 Å². The van der Waals surface area contributed by atoms with E-state index in [1.807, 2.05) is 4.90 Å². The fourth-order valence-corrected chi connectivity index (χ4v) is 2.40. The molecule has 6 heteroatoms. The number of carbonyl (C=O) groups is 2. The van der Waals surface area contributed by atoms with Crippen LogP contribution in [0.1, 0.15) is 31.2 Å². The van der Waals surface area contributed by atoms with Gasteiger partial charge in [0, 0.05) is 24.2 Å². The van der Waals surface area contributed by atoms with Crippen LogP contribution in [0.5, 0.6) is 0 Å². The van der Waals surface area contributed by atoms with Crippen molar-refractivity contribution in [2.24, 2.45) is 0 Å². The maximum Gasteiger partial charge on any atom is 0.321 e. The summed E-state index contributed by atoms with van der Waals surface area (Å²) in [4.78, 5) is 25.5. The minimum Gasteiger partial charge on any atom is -0.335 e. The Morgan fingerprint density at radius 1 is 1.18 bits per heavy atom. The molecule has 0 bridgehead atoms. The van der Waals surface area contributed by atoms with Crippen molar-refractivity contribution in [3.05, 3.63) is 35.6 Å². The fourth-order valence-electron chi connectivity index (χ4n) is 2.40. The Kier molecular flexibility index (Phi) is 4.38. The standard InChI is InChI=1S/C16H20FN3O2/c17-14-4-2-1-3-11(14)9-20(13-7-8-13)10-15(21)19-16(22)18-12-5-6-12/h1-4,12-13H,5-10H2,(H2,18,19,21,22). The zero-order valence-corrected chi connectivity index (χ0v) is 12.3. The molecule has 0 unspecified atom stereocenters. The molecular formula is C16H20FN3O2. The van der Waals surface area contributed by atoms with E-state index < -0.39 is 6.03 Å². The molecule has 0 spiro atoms. The lowest BCUT2D eigenvalue weighted by molar-refractivity contribution is -0.121. The van der Waals surface area contributed by atoms with Crippen molar-refractivity contribution in [1.82, 2.24) is 15.5 Å². The van der Waals surface area contributed by atoms with Gasteiger partial charge in [-0.2, -0.15) is 0 Å². The molecule has 0 radical (unpaired) electrons. The summed E-state index contributed by atoms with van der Waals surface area (Å²) in [5.41, 5.74) is 0.574. The number of carbonyl (C=O) groups excluding carboxylic acids is 2. The third kappa shape index (κ3) is 4.27. The molecule has 0 atom stereocenters. The predicted molar refractivity (Wildman–Crippen MR) is 79.5 cm³/mol. The van der Waals surface area contributed by atoms with Gasteiger partial charge >= 0.3 is 6.03 Å². The second-order valence-electron chi connectivity index (χ2n) is 6.02. The van der Waals surface area contributed by atoms with Crippen molar-refractivity contribution in [1.29, 1.82) is 0 Å². The molecule has 1 aromatic carbocycles. The summed E-state index contributed by atoms with van der Waals surface area (Å²) in [6.45, 7) is 0.492. The maximum atomic E-state index is 13.7. The average Bonchev–Trinajstić information content (AvgIpc) is 3.34. The highest BCUT2D eigenvalue weighted by Gasteiger charge is 2.31. The molecule has 2 saturated carbocycles. The average molecular weight is 305 g/mol. The lowest BCUT2D eigenvalue weighted by Crippen LogP contribution is -2.45. The van der Waals surface area contributed by atoms with Crippen LogP contribution in [0.2, 0.25) is 0 Å². The van der Waals surface area contributed by atoms with Gasteiger partial charge in [0.05, 0.1) is 6.54 Å². The van der Waals surface area contributed by atoms with Crippen molar-refractivity contribution < 1.29 is 14.0 Å². The number of amides is 3. The van der Waals surface area contributed by atoms with Crippen LogP contribution in [0.4, 0.5) is 9.18 Å². The second-order valence-corrected chi connectivity index (χ2v) is 6.02. The van der Waals surface area contributed by atoms with Crippen LogP contribution in [0.25, 0.3) is 0 Å². The van der Waals surface area contributed by atoms with Gasteiger partial charge in [-0.05, 0) is 31.7 Å². The molecule has 2 fully saturated rings. The van der Waals surface area contributed by atoms with E-state index in [-0.39, 0.29) is 24.3 Å². The van der Waals surface area contributed by atoms with Crippen molar-refractivity contribution in [3.63, 3.8) is 0 Å². The highest BCUT2D eigenvalue weighted by atomic mass is 19.1. The van der Waals surface area contributed by atoms with Crippen LogP contribution >= 0.6 is 0 Å². The lowest BCUT2D eigenvalue weighted by Gasteiger charge is -2.21. The number of halogens is 1. The van der Waals surface area contributed by atoms with E-state index in [4.69, 9.17) is 0 Å². The molecule has 3 amide bonds. The smallest absolute Gasteiger partial charge is 0.321 e. The van der Waals surface area contributed by atoms with Crippen LogP contribution in [0.3, 0.4) is 0 Å². The monoisotopic (exact) mass is 305 g/mol. The van der Waals surface area contributed by atoms with Crippen molar-refractivity contribution >= 4 is 11.9 Å². The van der Waals surface area contributed by atoms with Gasteiger partial charge in [0.2, 0.25) is 5.91 Å². The first-order valence-electron chi connectivity index (χ1n) is 7.69. The largest absolute Gasteiger partial charge is 0.335 e. The zero-order chi connectivity index (χ0) is 15.5. The summed E-state index contributed by atoms with van der Waals surface area (Å²) in [6, 6.07) is 6.66. The Morgan fingerprint density at radius 2 is 1.91 bits per heavy atom. The minimum absolute atomic E-state index is 0.108. The van der Waals surface area contributed by atoms with E-state index in [1.54, 1.807) is 18.2 Å². The number of imide groups is 1. The van der Waals surface area contributed by atoms with Crippen LogP contribution in [-0.2, 0) is 11.3 Å². The van der Waals surface area contributed by atoms with Crippen LogP contribution in [-0.4, -0.2) is 35.5 Å². The number of hydrogen-bond donors (Lipinski definition) is 2. The fraction of sp³-hybridized carbons (Fsp3) is 0.500. The first-order valence-corrected chi connectivity index (χ1v) is 7.69. The summed E-state index contributed by atoms with van der Waals surface area (Å²) in [5, 5.41) is 5.05. The topological polar surface area (TPSA) is 61.4 Å². The van der Waals surface area contributed by atoms with Crippen molar-refractivity contribution in [2.75, 3.05) is 6.54 Å². The molecule has 3 rings (SSSR count). The summed E-state index contributed by atoms with van der Waals surface area (Å²) < 4.78 is 13.7. The van der Waals surface area contributed by atoms with E-state index in [1.165, 1.54) is 6.07 Å². The number of nitrogens with zero attached hydrogens (tertiary/aromatic N) is 1. The number of urea groups is 1. The maximum absolute atomic E-state index is 13.7. The zero-order valence-electron chi connectivity index (χ0n) is 12.3. The van der Waals surface area contributed by atoms with E-state index in [0.29, 0.717) is 18.2 Å². The Hall–Kier alpha value is -1.95. The number of benzene rings is 1. The number of hydrogen-bond acceptors (Lipinski definition) is 3. The Morgan fingerprint density at radius 3 is 2.55 bits per heavy atom. The predicted octanol–water partition coefficient (Wildman–Crippen LogP) is 1.78. The molecule has 5 nitrogen and oxygen atoms in total. The molecule has 2 aliphatic rings. The molecule has 0 aliphatic heterocycles. The van der Waals surface area contributed by atoms with Gasteiger partial charge in [0.15, 0.2) is 0 Å². The van der Waals surface area contributed by atoms with Crippen molar-refractivity contribution in [3.8, 4) is 0 Å². The summed E-state index contributed by atoms with van der Waals surface area (Å²) in [5.74, 6) is -0.610. The molecule has 118 valence electrons. The lowest BCUT2D eigenvalue weighted by atomic mass is 10.2. The first-order chi connectivity index (χ1) is 10.6. The Balaban J connectivity index is 1.53. The third-order valence-corrected chi connectivity index (χ3v) is 3.91. The van der Waals surface area contributed by atoms with Gasteiger partial charge in [0.1, 0.15) is 5.82 Å².